The van der Waals surface area contributed by atoms with E-state index in [0.29, 0.717) is 5.56 Å². The number of carbonyl (C=O) groups is 1. The van der Waals surface area contributed by atoms with Crippen molar-refractivity contribution in [1.82, 2.24) is 24.8 Å². The monoisotopic (exact) mass is 347 g/mol. The first-order valence-corrected chi connectivity index (χ1v) is 8.41. The van der Waals surface area contributed by atoms with Crippen molar-refractivity contribution in [2.75, 3.05) is 7.05 Å². The minimum absolute atomic E-state index is 0.0605. The Morgan fingerprint density at radius 1 is 1.08 bits per heavy atom. The Kier molecular flexibility index (Phi) is 5.02. The molecule has 0 spiro atoms. The lowest BCUT2D eigenvalue weighted by molar-refractivity contribution is 0.0739. The summed E-state index contributed by atoms with van der Waals surface area (Å²) in [6.45, 7) is 5.79. The Morgan fingerprint density at radius 2 is 1.81 bits per heavy atom. The van der Waals surface area contributed by atoms with Crippen LogP contribution in [0.15, 0.2) is 49.1 Å². The van der Waals surface area contributed by atoms with Gasteiger partial charge in [0.2, 0.25) is 0 Å². The average molecular weight is 347 g/mol. The summed E-state index contributed by atoms with van der Waals surface area (Å²) in [5.74, 6) is -0.0605. The van der Waals surface area contributed by atoms with Gasteiger partial charge in [-0.3, -0.25) is 9.78 Å². The van der Waals surface area contributed by atoms with Crippen molar-refractivity contribution in [2.24, 2.45) is 0 Å². The molecule has 0 aliphatic heterocycles. The van der Waals surface area contributed by atoms with Gasteiger partial charge in [-0.15, -0.1) is 0 Å². The Bertz CT molecular complexity index is 909. The number of rotatable bonds is 4. The average Bonchev–Trinajstić information content (AvgIpc) is 2.69. The van der Waals surface area contributed by atoms with E-state index in [2.05, 4.69) is 19.9 Å². The molecule has 0 aliphatic rings. The van der Waals surface area contributed by atoms with Gasteiger partial charge < -0.3 is 4.90 Å². The topological polar surface area (TPSA) is 71.9 Å². The van der Waals surface area contributed by atoms with Gasteiger partial charge in [-0.05, 0) is 39.0 Å². The molecule has 0 unspecified atom stereocenters. The van der Waals surface area contributed by atoms with Crippen LogP contribution in [0.3, 0.4) is 0 Å². The molecular formula is C20H21N5O. The summed E-state index contributed by atoms with van der Waals surface area (Å²) >= 11 is 0. The zero-order valence-corrected chi connectivity index (χ0v) is 15.3. The molecule has 0 radical (unpaired) electrons. The highest BCUT2D eigenvalue weighted by molar-refractivity contribution is 5.94. The van der Waals surface area contributed by atoms with Gasteiger partial charge in [-0.25, -0.2) is 15.0 Å². The number of amides is 1. The predicted octanol–water partition coefficient (Wildman–Crippen LogP) is 3.38. The van der Waals surface area contributed by atoms with Crippen LogP contribution in [0.1, 0.15) is 40.4 Å². The van der Waals surface area contributed by atoms with Crippen molar-refractivity contribution >= 4 is 5.91 Å². The molecule has 6 nitrogen and oxygen atoms in total. The molecule has 3 rings (SSSR count). The van der Waals surface area contributed by atoms with Crippen molar-refractivity contribution < 1.29 is 4.79 Å². The molecule has 1 amide bonds. The van der Waals surface area contributed by atoms with Crippen LogP contribution in [-0.4, -0.2) is 37.8 Å². The van der Waals surface area contributed by atoms with Gasteiger partial charge in [-0.1, -0.05) is 12.1 Å². The van der Waals surface area contributed by atoms with Gasteiger partial charge in [0, 0.05) is 30.6 Å². The van der Waals surface area contributed by atoms with Gasteiger partial charge in [0.25, 0.3) is 5.91 Å². The van der Waals surface area contributed by atoms with E-state index >= 15 is 0 Å². The van der Waals surface area contributed by atoms with Crippen LogP contribution in [0, 0.1) is 13.8 Å². The van der Waals surface area contributed by atoms with Gasteiger partial charge in [0.05, 0.1) is 28.8 Å². The molecule has 2 aromatic heterocycles. The maximum atomic E-state index is 12.8. The summed E-state index contributed by atoms with van der Waals surface area (Å²) in [6, 6.07) is 9.14. The van der Waals surface area contributed by atoms with Crippen LogP contribution in [0.5, 0.6) is 0 Å². The molecule has 0 N–H and O–H groups in total. The van der Waals surface area contributed by atoms with Gasteiger partial charge in [-0.2, -0.15) is 0 Å². The Morgan fingerprint density at radius 3 is 2.46 bits per heavy atom. The van der Waals surface area contributed by atoms with Crippen LogP contribution >= 0.6 is 0 Å². The number of hydrogen-bond donors (Lipinski definition) is 0. The molecule has 26 heavy (non-hydrogen) atoms. The first-order valence-electron chi connectivity index (χ1n) is 8.41. The van der Waals surface area contributed by atoms with E-state index in [1.807, 2.05) is 51.1 Å². The van der Waals surface area contributed by atoms with Gasteiger partial charge in [0.15, 0.2) is 0 Å². The van der Waals surface area contributed by atoms with E-state index in [-0.39, 0.29) is 11.9 Å². The summed E-state index contributed by atoms with van der Waals surface area (Å²) in [5.41, 5.74) is 4.94. The van der Waals surface area contributed by atoms with E-state index in [1.165, 1.54) is 6.33 Å². The molecular weight excluding hydrogens is 326 g/mol. The summed E-state index contributed by atoms with van der Waals surface area (Å²) in [7, 11) is 1.78. The minimum atomic E-state index is -0.143. The fourth-order valence-electron chi connectivity index (χ4n) is 2.71. The molecule has 1 aromatic carbocycles. The van der Waals surface area contributed by atoms with Crippen LogP contribution in [0.25, 0.3) is 11.3 Å². The van der Waals surface area contributed by atoms with E-state index < -0.39 is 0 Å². The Hall–Kier alpha value is -3.15. The predicted molar refractivity (Wildman–Crippen MR) is 99.5 cm³/mol. The lowest BCUT2D eigenvalue weighted by Crippen LogP contribution is -2.30. The summed E-state index contributed by atoms with van der Waals surface area (Å²) < 4.78 is 0. The van der Waals surface area contributed by atoms with Crippen LogP contribution in [-0.2, 0) is 0 Å². The number of aromatic nitrogens is 4. The Labute approximate surface area is 153 Å². The largest absolute Gasteiger partial charge is 0.333 e. The fraction of sp³-hybridized carbons (Fsp3) is 0.250. The second-order valence-electron chi connectivity index (χ2n) is 6.25. The third-order valence-electron chi connectivity index (χ3n) is 4.42. The lowest BCUT2D eigenvalue weighted by Gasteiger charge is -2.24. The highest BCUT2D eigenvalue weighted by Gasteiger charge is 2.20. The SMILES string of the molecule is Cc1cnc(C)c(-c2ccc(C(=O)N(C)[C@@H](C)c3ccncn3)cc2)n1. The molecule has 0 bridgehead atoms. The smallest absolute Gasteiger partial charge is 0.254 e. The van der Waals surface area contributed by atoms with E-state index in [9.17, 15) is 4.79 Å². The van der Waals surface area contributed by atoms with Crippen molar-refractivity contribution in [3.63, 3.8) is 0 Å². The normalized spacial score (nSPS) is 11.8. The third-order valence-corrected chi connectivity index (χ3v) is 4.42. The fourth-order valence-corrected chi connectivity index (χ4v) is 2.71. The molecule has 1 atom stereocenters. The zero-order valence-electron chi connectivity index (χ0n) is 15.3. The summed E-state index contributed by atoms with van der Waals surface area (Å²) in [5, 5.41) is 0. The number of hydrogen-bond acceptors (Lipinski definition) is 5. The van der Waals surface area contributed by atoms with Crippen molar-refractivity contribution in [3.05, 3.63) is 71.7 Å². The molecule has 132 valence electrons. The van der Waals surface area contributed by atoms with Gasteiger partial charge >= 0.3 is 0 Å². The molecule has 0 saturated carbocycles. The number of benzene rings is 1. The lowest BCUT2D eigenvalue weighted by atomic mass is 10.1. The summed E-state index contributed by atoms with van der Waals surface area (Å²) in [6.07, 6.45) is 4.92. The van der Waals surface area contributed by atoms with E-state index in [1.54, 1.807) is 24.3 Å². The third kappa shape index (κ3) is 3.59. The van der Waals surface area contributed by atoms with E-state index in [4.69, 9.17) is 0 Å². The summed E-state index contributed by atoms with van der Waals surface area (Å²) in [4.78, 5) is 31.5. The molecule has 3 aromatic rings. The van der Waals surface area contributed by atoms with Gasteiger partial charge in [0.1, 0.15) is 6.33 Å². The van der Waals surface area contributed by atoms with Crippen LogP contribution < -0.4 is 0 Å². The number of nitrogens with zero attached hydrogens (tertiary/aromatic N) is 5. The van der Waals surface area contributed by atoms with Crippen molar-refractivity contribution in [1.29, 1.82) is 0 Å². The second-order valence-corrected chi connectivity index (χ2v) is 6.25. The van der Waals surface area contributed by atoms with Crippen LogP contribution in [0.4, 0.5) is 0 Å². The highest BCUT2D eigenvalue weighted by atomic mass is 16.2. The van der Waals surface area contributed by atoms with E-state index in [0.717, 1.165) is 28.3 Å². The standard InChI is InChI=1S/C20H21N5O/c1-13-11-22-14(2)19(24-13)16-5-7-17(8-6-16)20(26)25(4)15(3)18-9-10-21-12-23-18/h5-12,15H,1-4H3/t15-/m0/s1. The Balaban J connectivity index is 1.82. The number of aryl methyl sites for hydroxylation is 2. The van der Waals surface area contributed by atoms with Crippen molar-refractivity contribution in [3.8, 4) is 11.3 Å². The van der Waals surface area contributed by atoms with Crippen LogP contribution in [0.2, 0.25) is 0 Å². The first kappa shape index (κ1) is 17.7. The molecule has 6 heteroatoms. The minimum Gasteiger partial charge on any atom is -0.333 e. The second kappa shape index (κ2) is 7.39. The first-order chi connectivity index (χ1) is 12.5. The molecule has 2 heterocycles. The quantitative estimate of drug-likeness (QED) is 0.723. The molecule has 0 aliphatic carbocycles. The molecule has 0 fully saturated rings. The zero-order chi connectivity index (χ0) is 18.7. The van der Waals surface area contributed by atoms with Crippen molar-refractivity contribution in [2.45, 2.75) is 26.8 Å². The maximum absolute atomic E-state index is 12.8. The maximum Gasteiger partial charge on any atom is 0.254 e. The molecule has 0 saturated heterocycles. The number of carbonyl (C=O) groups excluding carboxylic acids is 1. The highest BCUT2D eigenvalue weighted by Crippen LogP contribution is 2.23.